The summed E-state index contributed by atoms with van der Waals surface area (Å²) in [7, 11) is 0. The van der Waals surface area contributed by atoms with Gasteiger partial charge in [0.2, 0.25) is 0 Å². The lowest BCUT2D eigenvalue weighted by Crippen LogP contribution is -2.48. The Morgan fingerprint density at radius 2 is 1.95 bits per heavy atom. The van der Waals surface area contributed by atoms with E-state index < -0.39 is 5.60 Å². The van der Waals surface area contributed by atoms with E-state index in [-0.39, 0.29) is 24.6 Å². The van der Waals surface area contributed by atoms with Gasteiger partial charge < -0.3 is 19.8 Å². The van der Waals surface area contributed by atoms with Gasteiger partial charge in [0.15, 0.2) is 0 Å². The lowest BCUT2D eigenvalue weighted by Gasteiger charge is -2.33. The van der Waals surface area contributed by atoms with Gasteiger partial charge in [-0.1, -0.05) is 0 Å². The van der Waals surface area contributed by atoms with E-state index in [1.165, 1.54) is 0 Å². The third-order valence-corrected chi connectivity index (χ3v) is 2.73. The summed E-state index contributed by atoms with van der Waals surface area (Å²) >= 11 is 0. The highest BCUT2D eigenvalue weighted by Gasteiger charge is 2.27. The van der Waals surface area contributed by atoms with E-state index in [4.69, 9.17) is 11.3 Å². The van der Waals surface area contributed by atoms with Crippen molar-refractivity contribution in [3.05, 3.63) is 11.4 Å². The number of rotatable bonds is 2. The monoisotopic (exact) mass is 267 g/mol. The number of ether oxygens (including phenoxy) is 1. The highest BCUT2D eigenvalue weighted by Crippen LogP contribution is 2.15. The molecule has 1 rings (SSSR count). The topological polar surface area (TPSA) is 63.0 Å². The fourth-order valence-electron chi connectivity index (χ4n) is 1.88. The molecule has 0 radical (unpaired) electrons. The Kier molecular flexibility index (Phi) is 5.16. The molecule has 1 saturated heterocycles. The fraction of sp³-hybridized carbons (Fsp3) is 0.769. The number of piperidine rings is 1. The van der Waals surface area contributed by atoms with Crippen LogP contribution < -0.4 is 5.32 Å². The Labute approximate surface area is 113 Å². The number of likely N-dealkylation sites (tertiary alicyclic amines) is 1. The average molecular weight is 267 g/mol. The van der Waals surface area contributed by atoms with Gasteiger partial charge in [-0.05, 0) is 33.6 Å². The second kappa shape index (κ2) is 6.41. The molecule has 1 fully saturated rings. The average Bonchev–Trinajstić information content (AvgIpc) is 2.27. The van der Waals surface area contributed by atoms with Crippen molar-refractivity contribution in [2.75, 3.05) is 19.6 Å². The van der Waals surface area contributed by atoms with Crippen LogP contribution in [0.3, 0.4) is 0 Å². The molecule has 1 N–H and O–H groups in total. The predicted octanol–water partition coefficient (Wildman–Crippen LogP) is 1.42. The van der Waals surface area contributed by atoms with Crippen LogP contribution in [-0.4, -0.2) is 48.2 Å². The molecule has 6 heteroatoms. The summed E-state index contributed by atoms with van der Waals surface area (Å²) in [4.78, 5) is 27.8. The number of nitrogens with one attached hydrogen (secondary N) is 1. The molecule has 0 aromatic carbocycles. The Morgan fingerprint density at radius 3 is 2.42 bits per heavy atom. The molecule has 0 aromatic heterocycles. The van der Waals surface area contributed by atoms with E-state index in [9.17, 15) is 9.59 Å². The van der Waals surface area contributed by atoms with E-state index >= 15 is 0 Å². The fourth-order valence-corrected chi connectivity index (χ4v) is 1.88. The van der Waals surface area contributed by atoms with Crippen LogP contribution in [0.25, 0.3) is 4.85 Å². The minimum atomic E-state index is -0.488. The van der Waals surface area contributed by atoms with Crippen LogP contribution in [0.5, 0.6) is 0 Å². The lowest BCUT2D eigenvalue weighted by atomic mass is 10.1. The maximum Gasteiger partial charge on any atom is 0.410 e. The zero-order valence-corrected chi connectivity index (χ0v) is 11.7. The molecule has 1 aliphatic rings. The number of carbonyl (C=O) groups is 2. The second-order valence-corrected chi connectivity index (χ2v) is 5.63. The normalized spacial score (nSPS) is 16.6. The Bertz CT molecular complexity index is 374. The first-order valence-corrected chi connectivity index (χ1v) is 6.42. The molecule has 0 spiro atoms. The smallest absolute Gasteiger partial charge is 0.410 e. The minimum Gasteiger partial charge on any atom is -0.444 e. The molecular formula is C13H21N3O3. The van der Waals surface area contributed by atoms with Crippen LogP contribution >= 0.6 is 0 Å². The van der Waals surface area contributed by atoms with Crippen LogP contribution in [0.15, 0.2) is 0 Å². The molecule has 0 aromatic rings. The predicted molar refractivity (Wildman–Crippen MR) is 70.4 cm³/mol. The van der Waals surface area contributed by atoms with Crippen LogP contribution in [0.2, 0.25) is 0 Å². The van der Waals surface area contributed by atoms with E-state index in [0.717, 1.165) is 0 Å². The summed E-state index contributed by atoms with van der Waals surface area (Å²) in [5.41, 5.74) is -0.488. The summed E-state index contributed by atoms with van der Waals surface area (Å²) in [6, 6.07) is 0.0490. The van der Waals surface area contributed by atoms with Crippen LogP contribution in [0, 0.1) is 6.57 Å². The summed E-state index contributed by atoms with van der Waals surface area (Å²) < 4.78 is 5.29. The Hall–Kier alpha value is -1.77. The van der Waals surface area contributed by atoms with Gasteiger partial charge in [0.05, 0.1) is 0 Å². The molecule has 0 unspecified atom stereocenters. The van der Waals surface area contributed by atoms with Crippen LogP contribution in [0.4, 0.5) is 4.79 Å². The van der Waals surface area contributed by atoms with Gasteiger partial charge in [0.25, 0.3) is 12.5 Å². The van der Waals surface area contributed by atoms with Gasteiger partial charge in [0.1, 0.15) is 5.60 Å². The van der Waals surface area contributed by atoms with E-state index in [1.54, 1.807) is 4.90 Å². The largest absolute Gasteiger partial charge is 0.444 e. The van der Waals surface area contributed by atoms with Crippen molar-refractivity contribution in [1.29, 1.82) is 0 Å². The molecule has 0 saturated carbocycles. The SMILES string of the molecule is [C-]#[N+]CC(=O)NC1CCN(C(=O)OC(C)(C)C)CC1. The molecule has 1 aliphatic heterocycles. The highest BCUT2D eigenvalue weighted by atomic mass is 16.6. The zero-order chi connectivity index (χ0) is 14.5. The van der Waals surface area contributed by atoms with Crippen molar-refractivity contribution < 1.29 is 14.3 Å². The van der Waals surface area contributed by atoms with Gasteiger partial charge in [-0.3, -0.25) is 4.79 Å². The van der Waals surface area contributed by atoms with Gasteiger partial charge >= 0.3 is 6.09 Å². The molecule has 19 heavy (non-hydrogen) atoms. The van der Waals surface area contributed by atoms with Crippen LogP contribution in [0.1, 0.15) is 33.6 Å². The number of nitrogens with zero attached hydrogens (tertiary/aromatic N) is 2. The van der Waals surface area contributed by atoms with E-state index in [2.05, 4.69) is 10.2 Å². The van der Waals surface area contributed by atoms with Gasteiger partial charge in [-0.2, -0.15) is 0 Å². The van der Waals surface area contributed by atoms with Crippen molar-refractivity contribution in [3.63, 3.8) is 0 Å². The summed E-state index contributed by atoms with van der Waals surface area (Å²) in [6.07, 6.45) is 1.09. The van der Waals surface area contributed by atoms with Crippen molar-refractivity contribution in [3.8, 4) is 0 Å². The molecule has 1 heterocycles. The van der Waals surface area contributed by atoms with E-state index in [1.807, 2.05) is 20.8 Å². The molecule has 6 nitrogen and oxygen atoms in total. The van der Waals surface area contributed by atoms with Gasteiger partial charge in [-0.15, -0.1) is 0 Å². The first kappa shape index (κ1) is 15.3. The summed E-state index contributed by atoms with van der Waals surface area (Å²) in [5.74, 6) is -0.245. The molecule has 0 atom stereocenters. The molecule has 2 amide bonds. The maximum absolute atomic E-state index is 11.8. The van der Waals surface area contributed by atoms with Gasteiger partial charge in [-0.25, -0.2) is 11.4 Å². The zero-order valence-electron chi connectivity index (χ0n) is 11.7. The second-order valence-electron chi connectivity index (χ2n) is 5.63. The lowest BCUT2D eigenvalue weighted by molar-refractivity contribution is -0.120. The van der Waals surface area contributed by atoms with Crippen LogP contribution in [-0.2, 0) is 9.53 Å². The first-order valence-electron chi connectivity index (χ1n) is 6.42. The first-order chi connectivity index (χ1) is 8.81. The third kappa shape index (κ3) is 5.60. The molecule has 106 valence electrons. The molecule has 0 aliphatic carbocycles. The number of hydrogen-bond acceptors (Lipinski definition) is 3. The highest BCUT2D eigenvalue weighted by molar-refractivity contribution is 5.79. The Morgan fingerprint density at radius 1 is 1.37 bits per heavy atom. The van der Waals surface area contributed by atoms with E-state index in [0.29, 0.717) is 25.9 Å². The number of carbonyl (C=O) groups excluding carboxylic acids is 2. The maximum atomic E-state index is 11.8. The van der Waals surface area contributed by atoms with Crippen molar-refractivity contribution in [2.24, 2.45) is 0 Å². The molecular weight excluding hydrogens is 246 g/mol. The standard InChI is InChI=1S/C13H21N3O3/c1-13(2,3)19-12(18)16-7-5-10(6-8-16)15-11(17)9-14-4/h10H,5-9H2,1-3H3,(H,15,17). The van der Waals surface area contributed by atoms with Gasteiger partial charge in [0, 0.05) is 19.1 Å². The summed E-state index contributed by atoms with van der Waals surface area (Å²) in [6.45, 7) is 13.1. The number of amides is 2. The van der Waals surface area contributed by atoms with Crippen molar-refractivity contribution in [1.82, 2.24) is 10.2 Å². The molecule has 0 bridgehead atoms. The third-order valence-electron chi connectivity index (χ3n) is 2.73. The number of hydrogen-bond donors (Lipinski definition) is 1. The minimum absolute atomic E-state index is 0.0490. The Balaban J connectivity index is 2.35. The summed E-state index contributed by atoms with van der Waals surface area (Å²) in [5, 5.41) is 2.80. The quantitative estimate of drug-likeness (QED) is 0.770. The van der Waals surface area contributed by atoms with Crippen molar-refractivity contribution in [2.45, 2.75) is 45.3 Å². The van der Waals surface area contributed by atoms with Crippen molar-refractivity contribution >= 4 is 12.0 Å².